The normalized spacial score (nSPS) is 20.1. The molecule has 0 saturated carbocycles. The third-order valence-electron chi connectivity index (χ3n) is 3.60. The SMILES string of the molecule is O=C1CN(CC(F)F)CCN1CCC1CNC1.O=CC(F)(F)F. The lowest BCUT2D eigenvalue weighted by Crippen LogP contribution is -2.52. The van der Waals surface area contributed by atoms with Gasteiger partial charge in [0, 0.05) is 19.6 Å². The van der Waals surface area contributed by atoms with Crippen molar-refractivity contribution < 1.29 is 31.5 Å². The van der Waals surface area contributed by atoms with Crippen LogP contribution in [-0.2, 0) is 9.59 Å². The number of aldehydes is 1. The lowest BCUT2D eigenvalue weighted by atomic mass is 9.99. The first kappa shape index (κ1) is 19.8. The van der Waals surface area contributed by atoms with E-state index in [1.54, 1.807) is 4.90 Å². The van der Waals surface area contributed by atoms with Gasteiger partial charge in [-0.1, -0.05) is 0 Å². The molecule has 0 aromatic carbocycles. The number of rotatable bonds is 5. The van der Waals surface area contributed by atoms with Crippen molar-refractivity contribution in [3.8, 4) is 0 Å². The first-order valence-electron chi connectivity index (χ1n) is 7.23. The molecule has 0 spiro atoms. The van der Waals surface area contributed by atoms with Crippen molar-refractivity contribution in [2.24, 2.45) is 5.92 Å². The van der Waals surface area contributed by atoms with Crippen molar-refractivity contribution in [2.75, 3.05) is 45.8 Å². The van der Waals surface area contributed by atoms with Crippen LogP contribution in [0.5, 0.6) is 0 Å². The molecule has 2 fully saturated rings. The molecule has 0 atom stereocenters. The van der Waals surface area contributed by atoms with E-state index in [1.165, 1.54) is 4.90 Å². The number of nitrogens with one attached hydrogen (secondary N) is 1. The van der Waals surface area contributed by atoms with Gasteiger partial charge in [0.25, 0.3) is 6.43 Å². The van der Waals surface area contributed by atoms with Crippen LogP contribution in [-0.4, -0.2) is 80.4 Å². The molecule has 2 aliphatic rings. The van der Waals surface area contributed by atoms with Crippen LogP contribution >= 0.6 is 0 Å². The van der Waals surface area contributed by atoms with Crippen LogP contribution in [0.1, 0.15) is 6.42 Å². The van der Waals surface area contributed by atoms with E-state index in [1.807, 2.05) is 0 Å². The number of nitrogens with zero attached hydrogens (tertiary/aromatic N) is 2. The van der Waals surface area contributed by atoms with E-state index in [0.29, 0.717) is 19.0 Å². The third kappa shape index (κ3) is 8.21. The van der Waals surface area contributed by atoms with Crippen LogP contribution < -0.4 is 5.32 Å². The van der Waals surface area contributed by atoms with Crippen LogP contribution in [0.25, 0.3) is 0 Å². The standard InChI is InChI=1S/C11H19F2N3O.C2HF3O/c12-10(13)7-15-3-4-16(11(17)8-15)2-1-9-5-14-6-9;3-2(4,5)1-6/h9-10,14H,1-8H2;1H. The highest BCUT2D eigenvalue weighted by Gasteiger charge is 2.27. The molecular formula is C13H20F5N3O2. The Kier molecular flexibility index (Phi) is 7.83. The topological polar surface area (TPSA) is 52.7 Å². The molecule has 1 amide bonds. The summed E-state index contributed by atoms with van der Waals surface area (Å²) in [5, 5.41) is 3.19. The Morgan fingerprint density at radius 1 is 1.26 bits per heavy atom. The fourth-order valence-electron chi connectivity index (χ4n) is 2.24. The number of amides is 1. The average Bonchev–Trinajstić information content (AvgIpc) is 2.38. The Hall–Kier alpha value is -1.29. The van der Waals surface area contributed by atoms with Crippen LogP contribution in [0.4, 0.5) is 22.0 Å². The average molecular weight is 345 g/mol. The van der Waals surface area contributed by atoms with Crippen molar-refractivity contribution in [2.45, 2.75) is 19.0 Å². The predicted molar refractivity (Wildman–Crippen MR) is 72.1 cm³/mol. The fourth-order valence-corrected chi connectivity index (χ4v) is 2.24. The molecule has 0 radical (unpaired) electrons. The second-order valence-electron chi connectivity index (χ2n) is 5.48. The Morgan fingerprint density at radius 3 is 2.26 bits per heavy atom. The summed E-state index contributed by atoms with van der Waals surface area (Å²) in [5.41, 5.74) is 0. The van der Waals surface area contributed by atoms with Crippen LogP contribution in [0.3, 0.4) is 0 Å². The zero-order valence-corrected chi connectivity index (χ0v) is 12.5. The second-order valence-corrected chi connectivity index (χ2v) is 5.48. The van der Waals surface area contributed by atoms with Crippen LogP contribution in [0.15, 0.2) is 0 Å². The quantitative estimate of drug-likeness (QED) is 0.590. The first-order chi connectivity index (χ1) is 10.7. The van der Waals surface area contributed by atoms with Crippen molar-refractivity contribution >= 4 is 12.2 Å². The van der Waals surface area contributed by atoms with Gasteiger partial charge < -0.3 is 10.2 Å². The van der Waals surface area contributed by atoms with Crippen molar-refractivity contribution in [3.63, 3.8) is 0 Å². The Labute approximate surface area is 130 Å². The Balaban J connectivity index is 0.000000379. The van der Waals surface area contributed by atoms with Gasteiger partial charge in [0.1, 0.15) is 0 Å². The number of hydrogen-bond acceptors (Lipinski definition) is 4. The van der Waals surface area contributed by atoms with Crippen LogP contribution in [0, 0.1) is 5.92 Å². The minimum atomic E-state index is -4.64. The van der Waals surface area contributed by atoms with E-state index >= 15 is 0 Å². The summed E-state index contributed by atoms with van der Waals surface area (Å²) in [6.07, 6.45) is -7.03. The smallest absolute Gasteiger partial charge is 0.340 e. The van der Waals surface area contributed by atoms with E-state index in [-0.39, 0.29) is 19.0 Å². The predicted octanol–water partition coefficient (Wildman–Crippen LogP) is 0.753. The van der Waals surface area contributed by atoms with Gasteiger partial charge in [-0.3, -0.25) is 14.5 Å². The molecular weight excluding hydrogens is 325 g/mol. The molecule has 2 saturated heterocycles. The minimum Gasteiger partial charge on any atom is -0.340 e. The minimum absolute atomic E-state index is 0.0100. The van der Waals surface area contributed by atoms with Gasteiger partial charge >= 0.3 is 6.18 Å². The lowest BCUT2D eigenvalue weighted by Gasteiger charge is -2.36. The maximum atomic E-state index is 12.2. The number of halogens is 5. The largest absolute Gasteiger partial charge is 0.446 e. The van der Waals surface area contributed by atoms with E-state index in [0.717, 1.165) is 26.1 Å². The van der Waals surface area contributed by atoms with Crippen molar-refractivity contribution in [3.05, 3.63) is 0 Å². The van der Waals surface area contributed by atoms with Gasteiger partial charge in [0.2, 0.25) is 12.2 Å². The molecule has 2 heterocycles. The zero-order valence-electron chi connectivity index (χ0n) is 12.5. The number of carbonyl (C=O) groups excluding carboxylic acids is 2. The Bertz CT molecular complexity index is 388. The van der Waals surface area contributed by atoms with E-state index in [4.69, 9.17) is 4.79 Å². The van der Waals surface area contributed by atoms with E-state index in [2.05, 4.69) is 5.32 Å². The molecule has 0 aromatic heterocycles. The van der Waals surface area contributed by atoms with Gasteiger partial charge in [-0.15, -0.1) is 0 Å². The molecule has 0 aliphatic carbocycles. The second kappa shape index (κ2) is 9.11. The Morgan fingerprint density at radius 2 is 1.87 bits per heavy atom. The van der Waals surface area contributed by atoms with E-state index < -0.39 is 18.9 Å². The molecule has 134 valence electrons. The molecule has 2 rings (SSSR count). The monoisotopic (exact) mass is 345 g/mol. The van der Waals surface area contributed by atoms with Gasteiger partial charge in [-0.2, -0.15) is 13.2 Å². The number of carbonyl (C=O) groups is 2. The summed E-state index contributed by atoms with van der Waals surface area (Å²) in [4.78, 5) is 23.8. The summed E-state index contributed by atoms with van der Waals surface area (Å²) in [6, 6.07) is 0. The van der Waals surface area contributed by atoms with Crippen molar-refractivity contribution in [1.82, 2.24) is 15.1 Å². The molecule has 5 nitrogen and oxygen atoms in total. The van der Waals surface area contributed by atoms with Crippen molar-refractivity contribution in [1.29, 1.82) is 0 Å². The van der Waals surface area contributed by atoms with Gasteiger partial charge in [-0.25, -0.2) is 8.78 Å². The van der Waals surface area contributed by atoms with Gasteiger partial charge in [-0.05, 0) is 25.4 Å². The number of piperazine rings is 1. The molecule has 0 unspecified atom stereocenters. The maximum absolute atomic E-state index is 12.2. The van der Waals surface area contributed by atoms with Gasteiger partial charge in [0.15, 0.2) is 0 Å². The zero-order chi connectivity index (χ0) is 17.5. The number of hydrogen-bond donors (Lipinski definition) is 1. The summed E-state index contributed by atoms with van der Waals surface area (Å²) in [5.74, 6) is 0.672. The van der Waals surface area contributed by atoms with Crippen LogP contribution in [0.2, 0.25) is 0 Å². The van der Waals surface area contributed by atoms with E-state index in [9.17, 15) is 26.7 Å². The molecule has 10 heteroatoms. The highest BCUT2D eigenvalue weighted by atomic mass is 19.4. The molecule has 23 heavy (non-hydrogen) atoms. The van der Waals surface area contributed by atoms with Gasteiger partial charge in [0.05, 0.1) is 13.1 Å². The molecule has 1 N–H and O–H groups in total. The fraction of sp³-hybridized carbons (Fsp3) is 0.846. The lowest BCUT2D eigenvalue weighted by molar-refractivity contribution is -0.156. The summed E-state index contributed by atoms with van der Waals surface area (Å²) in [6.45, 7) is 3.87. The highest BCUT2D eigenvalue weighted by molar-refractivity contribution is 5.79. The summed E-state index contributed by atoms with van der Waals surface area (Å²) in [7, 11) is 0. The first-order valence-corrected chi connectivity index (χ1v) is 7.23. The molecule has 2 aliphatic heterocycles. The summed E-state index contributed by atoms with van der Waals surface area (Å²) >= 11 is 0. The third-order valence-corrected chi connectivity index (χ3v) is 3.60. The number of alkyl halides is 5. The summed E-state index contributed by atoms with van der Waals surface area (Å²) < 4.78 is 55.6. The molecule has 0 aromatic rings. The molecule has 0 bridgehead atoms. The highest BCUT2D eigenvalue weighted by Crippen LogP contribution is 2.12. The maximum Gasteiger partial charge on any atom is 0.446 e.